The minimum Gasteiger partial charge on any atom is -0.493 e. The predicted octanol–water partition coefficient (Wildman–Crippen LogP) is 0.0988. The molecule has 1 aromatic rings. The molecule has 6 heteroatoms. The lowest BCUT2D eigenvalue weighted by atomic mass is 10.1. The number of amides is 1. The summed E-state index contributed by atoms with van der Waals surface area (Å²) in [4.78, 5) is 11.9. The van der Waals surface area contributed by atoms with E-state index in [4.69, 9.17) is 14.2 Å². The zero-order valence-electron chi connectivity index (χ0n) is 11.6. The molecule has 114 valence electrons. The fourth-order valence-electron chi connectivity index (χ4n) is 2.66. The third kappa shape index (κ3) is 3.34. The van der Waals surface area contributed by atoms with Gasteiger partial charge in [-0.15, -0.1) is 0 Å². The fraction of sp³-hybridized carbons (Fsp3) is 0.533. The van der Waals surface area contributed by atoms with Crippen LogP contribution in [0.5, 0.6) is 5.75 Å². The molecule has 2 aliphatic rings. The smallest absolute Gasteiger partial charge is 0.223 e. The highest BCUT2D eigenvalue weighted by Gasteiger charge is 2.47. The number of para-hydroxylation sites is 1. The van der Waals surface area contributed by atoms with E-state index < -0.39 is 6.10 Å². The average Bonchev–Trinajstić information content (AvgIpc) is 3.05. The van der Waals surface area contributed by atoms with E-state index in [9.17, 15) is 9.90 Å². The lowest BCUT2D eigenvalue weighted by molar-refractivity contribution is -0.123. The molecular formula is C15H19NO5. The Labute approximate surface area is 123 Å². The lowest BCUT2D eigenvalue weighted by Crippen LogP contribution is -2.44. The van der Waals surface area contributed by atoms with Crippen molar-refractivity contribution in [2.75, 3.05) is 19.8 Å². The molecule has 1 aromatic carbocycles. The molecule has 0 bridgehead atoms. The van der Waals surface area contributed by atoms with Gasteiger partial charge in [0.2, 0.25) is 5.91 Å². The summed E-state index contributed by atoms with van der Waals surface area (Å²) < 4.78 is 16.4. The first kappa shape index (κ1) is 14.3. The Hall–Kier alpha value is -1.63. The Morgan fingerprint density at radius 3 is 2.81 bits per heavy atom. The Morgan fingerprint density at radius 2 is 2.00 bits per heavy atom. The molecule has 1 amide bonds. The standard InChI is InChI=1S/C15H19NO5/c17-12-9-21-14-11(8-20-15(12)14)16-13(18)6-7-19-10-4-2-1-3-5-10/h1-5,11-12,14-15,17H,6-9H2,(H,16,18)/t11-,12+,14+,15+/m0/s1. The van der Waals surface area contributed by atoms with Gasteiger partial charge in [0.05, 0.1) is 32.3 Å². The number of aliphatic hydroxyl groups is 1. The van der Waals surface area contributed by atoms with E-state index in [2.05, 4.69) is 5.32 Å². The van der Waals surface area contributed by atoms with E-state index in [0.29, 0.717) is 13.2 Å². The van der Waals surface area contributed by atoms with E-state index >= 15 is 0 Å². The largest absolute Gasteiger partial charge is 0.493 e. The summed E-state index contributed by atoms with van der Waals surface area (Å²) in [5.74, 6) is 0.641. The number of hydrogen-bond donors (Lipinski definition) is 2. The van der Waals surface area contributed by atoms with Crippen molar-refractivity contribution >= 4 is 5.91 Å². The van der Waals surface area contributed by atoms with Crippen LogP contribution in [0, 0.1) is 0 Å². The summed E-state index contributed by atoms with van der Waals surface area (Å²) in [6.45, 7) is 0.956. The van der Waals surface area contributed by atoms with Gasteiger partial charge in [-0.25, -0.2) is 0 Å². The van der Waals surface area contributed by atoms with Crippen molar-refractivity contribution in [2.45, 2.75) is 30.8 Å². The quantitative estimate of drug-likeness (QED) is 0.805. The summed E-state index contributed by atoms with van der Waals surface area (Å²) in [6, 6.07) is 9.17. The molecule has 6 nitrogen and oxygen atoms in total. The minimum absolute atomic E-state index is 0.106. The third-order valence-electron chi connectivity index (χ3n) is 3.71. The Kier molecular flexibility index (Phi) is 4.38. The molecular weight excluding hydrogens is 274 g/mol. The molecule has 2 N–H and O–H groups in total. The van der Waals surface area contributed by atoms with E-state index in [0.717, 1.165) is 5.75 Å². The molecule has 0 spiro atoms. The first-order valence-electron chi connectivity index (χ1n) is 7.12. The van der Waals surface area contributed by atoms with Crippen molar-refractivity contribution in [3.05, 3.63) is 30.3 Å². The van der Waals surface area contributed by atoms with Crippen molar-refractivity contribution in [1.29, 1.82) is 0 Å². The van der Waals surface area contributed by atoms with Crippen LogP contribution in [0.1, 0.15) is 6.42 Å². The number of rotatable bonds is 5. The van der Waals surface area contributed by atoms with Gasteiger partial charge in [-0.3, -0.25) is 4.79 Å². The summed E-state index contributed by atoms with van der Waals surface area (Å²) in [7, 11) is 0. The van der Waals surface area contributed by atoms with Crippen molar-refractivity contribution < 1.29 is 24.1 Å². The number of carbonyl (C=O) groups is 1. The summed E-state index contributed by atoms with van der Waals surface area (Å²) in [6.07, 6.45) is -0.904. The van der Waals surface area contributed by atoms with Crippen molar-refractivity contribution in [2.24, 2.45) is 0 Å². The Morgan fingerprint density at radius 1 is 1.24 bits per heavy atom. The van der Waals surface area contributed by atoms with Gasteiger partial charge in [0.1, 0.15) is 24.1 Å². The van der Waals surface area contributed by atoms with Gasteiger partial charge in [0.15, 0.2) is 0 Å². The zero-order chi connectivity index (χ0) is 14.7. The molecule has 0 saturated carbocycles. The first-order chi connectivity index (χ1) is 10.2. The van der Waals surface area contributed by atoms with Gasteiger partial charge in [0.25, 0.3) is 0 Å². The maximum Gasteiger partial charge on any atom is 0.223 e. The molecule has 2 fully saturated rings. The van der Waals surface area contributed by atoms with Gasteiger partial charge in [-0.1, -0.05) is 18.2 Å². The van der Waals surface area contributed by atoms with Crippen LogP contribution in [0.2, 0.25) is 0 Å². The van der Waals surface area contributed by atoms with Gasteiger partial charge in [-0.2, -0.15) is 0 Å². The SMILES string of the molecule is O=C(CCOc1ccccc1)N[C@H]1CO[C@H]2[C@@H]1OC[C@H]2O. The van der Waals surface area contributed by atoms with Crippen LogP contribution in [0.4, 0.5) is 0 Å². The fourth-order valence-corrected chi connectivity index (χ4v) is 2.66. The topological polar surface area (TPSA) is 77.0 Å². The van der Waals surface area contributed by atoms with Crippen LogP contribution in [0.15, 0.2) is 30.3 Å². The first-order valence-corrected chi connectivity index (χ1v) is 7.12. The Balaban J connectivity index is 1.41. The minimum atomic E-state index is -0.599. The number of fused-ring (bicyclic) bond motifs is 1. The van der Waals surface area contributed by atoms with Crippen LogP contribution in [0.25, 0.3) is 0 Å². The van der Waals surface area contributed by atoms with Gasteiger partial charge < -0.3 is 24.6 Å². The highest BCUT2D eigenvalue weighted by atomic mass is 16.6. The molecule has 2 aliphatic heterocycles. The second kappa shape index (κ2) is 6.43. The third-order valence-corrected chi connectivity index (χ3v) is 3.71. The van der Waals surface area contributed by atoms with Crippen molar-refractivity contribution in [1.82, 2.24) is 5.32 Å². The number of hydrogen-bond acceptors (Lipinski definition) is 5. The Bertz CT molecular complexity index is 480. The maximum absolute atomic E-state index is 11.9. The monoisotopic (exact) mass is 293 g/mol. The summed E-state index contributed by atoms with van der Waals surface area (Å²) in [5.41, 5.74) is 0. The number of aliphatic hydroxyl groups excluding tert-OH is 1. The molecule has 2 saturated heterocycles. The average molecular weight is 293 g/mol. The number of carbonyl (C=O) groups excluding carboxylic acids is 1. The van der Waals surface area contributed by atoms with E-state index in [-0.39, 0.29) is 37.2 Å². The molecule has 2 heterocycles. The van der Waals surface area contributed by atoms with Crippen LogP contribution >= 0.6 is 0 Å². The van der Waals surface area contributed by atoms with Crippen molar-refractivity contribution in [3.63, 3.8) is 0 Å². The molecule has 4 atom stereocenters. The number of nitrogens with one attached hydrogen (secondary N) is 1. The van der Waals surface area contributed by atoms with Crippen molar-refractivity contribution in [3.8, 4) is 5.75 Å². The van der Waals surface area contributed by atoms with E-state index in [1.807, 2.05) is 30.3 Å². The van der Waals surface area contributed by atoms with Crippen LogP contribution < -0.4 is 10.1 Å². The molecule has 21 heavy (non-hydrogen) atoms. The summed E-state index contributed by atoms with van der Waals surface area (Å²) in [5, 5.41) is 12.5. The number of ether oxygens (including phenoxy) is 3. The maximum atomic E-state index is 11.9. The highest BCUT2D eigenvalue weighted by Crippen LogP contribution is 2.26. The lowest BCUT2D eigenvalue weighted by Gasteiger charge is -2.17. The predicted molar refractivity (Wildman–Crippen MR) is 74.0 cm³/mol. The second-order valence-corrected chi connectivity index (χ2v) is 5.25. The molecule has 0 unspecified atom stereocenters. The molecule has 0 radical (unpaired) electrons. The van der Waals surface area contributed by atoms with Crippen LogP contribution in [-0.2, 0) is 14.3 Å². The molecule has 0 aromatic heterocycles. The van der Waals surface area contributed by atoms with Gasteiger partial charge >= 0.3 is 0 Å². The summed E-state index contributed by atoms with van der Waals surface area (Å²) >= 11 is 0. The molecule has 3 rings (SSSR count). The highest BCUT2D eigenvalue weighted by molar-refractivity contribution is 5.76. The van der Waals surface area contributed by atoms with Crippen LogP contribution in [0.3, 0.4) is 0 Å². The zero-order valence-corrected chi connectivity index (χ0v) is 11.6. The number of benzene rings is 1. The normalized spacial score (nSPS) is 30.9. The van der Waals surface area contributed by atoms with Gasteiger partial charge in [-0.05, 0) is 12.1 Å². The second-order valence-electron chi connectivity index (χ2n) is 5.25. The molecule has 0 aliphatic carbocycles. The van der Waals surface area contributed by atoms with Gasteiger partial charge in [0, 0.05) is 0 Å². The van der Waals surface area contributed by atoms with E-state index in [1.54, 1.807) is 0 Å². The van der Waals surface area contributed by atoms with Crippen LogP contribution in [-0.4, -0.2) is 55.2 Å². The van der Waals surface area contributed by atoms with E-state index in [1.165, 1.54) is 0 Å².